The maximum Gasteiger partial charge on any atom is 0.410 e. The van der Waals surface area contributed by atoms with E-state index in [1.807, 2.05) is 20.8 Å². The minimum Gasteiger partial charge on any atom is -0.444 e. The second kappa shape index (κ2) is 8.58. The molecular weight excluding hydrogens is 348 g/mol. The molecule has 1 unspecified atom stereocenters. The summed E-state index contributed by atoms with van der Waals surface area (Å²) in [5.74, 6) is 0. The Hall–Kier alpha value is -0.633. The fourth-order valence-corrected chi connectivity index (χ4v) is 4.23. The third kappa shape index (κ3) is 6.83. The first kappa shape index (κ1) is 23.4. The number of ether oxygens (including phenoxy) is 1. The Bertz CT molecular complexity index is 471. The molecule has 1 saturated heterocycles. The largest absolute Gasteiger partial charge is 0.444 e. The highest BCUT2D eigenvalue weighted by Gasteiger charge is 2.44. The molecule has 154 valence electrons. The van der Waals surface area contributed by atoms with E-state index in [-0.39, 0.29) is 29.8 Å². The van der Waals surface area contributed by atoms with E-state index in [9.17, 15) is 9.90 Å². The molecule has 1 heterocycles. The standard InChI is InChI=1S/C19H40N2O4Si/c1-18(2,3)24-17(23)21-13-16(25-26(7,8)19(4,5)6)11-14(21)9-10-15(22)12-20/h14-16,22H,9-13,20H2,1-8H3/t14-,15?,16-/m1/s1. The van der Waals surface area contributed by atoms with Gasteiger partial charge in [0.25, 0.3) is 0 Å². The zero-order valence-electron chi connectivity index (χ0n) is 18.0. The maximum absolute atomic E-state index is 12.7. The lowest BCUT2D eigenvalue weighted by Gasteiger charge is -2.38. The minimum atomic E-state index is -1.91. The SMILES string of the molecule is CC(C)(C)OC(=O)N1C[C@H](O[Si](C)(C)C(C)(C)C)C[C@H]1CCC(O)CN. The maximum atomic E-state index is 12.7. The number of hydrogen-bond donors (Lipinski definition) is 2. The van der Waals surface area contributed by atoms with Crippen molar-refractivity contribution < 1.29 is 19.1 Å². The van der Waals surface area contributed by atoms with Crippen LogP contribution >= 0.6 is 0 Å². The topological polar surface area (TPSA) is 85.0 Å². The predicted molar refractivity (Wildman–Crippen MR) is 108 cm³/mol. The number of rotatable bonds is 6. The smallest absolute Gasteiger partial charge is 0.410 e. The van der Waals surface area contributed by atoms with E-state index in [2.05, 4.69) is 33.9 Å². The van der Waals surface area contributed by atoms with E-state index >= 15 is 0 Å². The number of nitrogens with zero attached hydrogens (tertiary/aromatic N) is 1. The van der Waals surface area contributed by atoms with E-state index in [0.29, 0.717) is 19.4 Å². The van der Waals surface area contributed by atoms with Gasteiger partial charge in [0.2, 0.25) is 0 Å². The normalized spacial score (nSPS) is 23.2. The van der Waals surface area contributed by atoms with Crippen LogP contribution in [-0.4, -0.2) is 61.4 Å². The first-order valence-electron chi connectivity index (χ1n) is 9.72. The number of carbonyl (C=O) groups excluding carboxylic acids is 1. The molecule has 1 fully saturated rings. The molecule has 0 spiro atoms. The number of carbonyl (C=O) groups is 1. The number of amides is 1. The van der Waals surface area contributed by atoms with Crippen molar-refractivity contribution in [2.45, 2.75) is 103 Å². The van der Waals surface area contributed by atoms with Gasteiger partial charge in [0.05, 0.1) is 12.2 Å². The molecular formula is C19H40N2O4Si. The second-order valence-corrected chi connectivity index (χ2v) is 14.7. The molecule has 0 saturated carbocycles. The van der Waals surface area contributed by atoms with Gasteiger partial charge in [-0.3, -0.25) is 0 Å². The van der Waals surface area contributed by atoms with Crippen LogP contribution < -0.4 is 5.73 Å². The molecule has 6 nitrogen and oxygen atoms in total. The number of hydrogen-bond acceptors (Lipinski definition) is 5. The molecule has 0 aromatic carbocycles. The van der Waals surface area contributed by atoms with Crippen LogP contribution in [0.25, 0.3) is 0 Å². The Kier molecular flexibility index (Phi) is 7.73. The Balaban J connectivity index is 2.85. The summed E-state index contributed by atoms with van der Waals surface area (Å²) in [5, 5.41) is 9.93. The summed E-state index contributed by atoms with van der Waals surface area (Å²) < 4.78 is 12.1. The van der Waals surface area contributed by atoms with Crippen LogP contribution in [0.3, 0.4) is 0 Å². The minimum absolute atomic E-state index is 0.0146. The van der Waals surface area contributed by atoms with Gasteiger partial charge < -0.3 is 24.9 Å². The Labute approximate surface area is 160 Å². The van der Waals surface area contributed by atoms with Crippen molar-refractivity contribution in [3.05, 3.63) is 0 Å². The van der Waals surface area contributed by atoms with Crippen LogP contribution in [0.15, 0.2) is 0 Å². The summed E-state index contributed by atoms with van der Waals surface area (Å²) in [5.41, 5.74) is 4.99. The molecule has 7 heteroatoms. The quantitative estimate of drug-likeness (QED) is 0.680. The van der Waals surface area contributed by atoms with Crippen molar-refractivity contribution in [2.75, 3.05) is 13.1 Å². The fraction of sp³-hybridized carbons (Fsp3) is 0.947. The number of likely N-dealkylation sites (tertiary alicyclic amines) is 1. The lowest BCUT2D eigenvalue weighted by atomic mass is 10.1. The zero-order valence-corrected chi connectivity index (χ0v) is 19.0. The summed E-state index contributed by atoms with van der Waals surface area (Å²) in [6.45, 7) is 17.5. The van der Waals surface area contributed by atoms with Gasteiger partial charge >= 0.3 is 6.09 Å². The Morgan fingerprint density at radius 3 is 2.31 bits per heavy atom. The van der Waals surface area contributed by atoms with Crippen molar-refractivity contribution in [3.8, 4) is 0 Å². The summed E-state index contributed by atoms with van der Waals surface area (Å²) in [6, 6.07) is 0.0146. The summed E-state index contributed by atoms with van der Waals surface area (Å²) in [6.07, 6.45) is 1.25. The lowest BCUT2D eigenvalue weighted by molar-refractivity contribution is 0.0193. The fourth-order valence-electron chi connectivity index (χ4n) is 2.87. The highest BCUT2D eigenvalue weighted by Crippen LogP contribution is 2.39. The predicted octanol–water partition coefficient (Wildman–Crippen LogP) is 3.49. The Morgan fingerprint density at radius 1 is 1.27 bits per heavy atom. The van der Waals surface area contributed by atoms with Crippen LogP contribution in [0, 0.1) is 0 Å². The van der Waals surface area contributed by atoms with Crippen molar-refractivity contribution in [1.29, 1.82) is 0 Å². The molecule has 1 aliphatic rings. The highest BCUT2D eigenvalue weighted by atomic mass is 28.4. The molecule has 0 aromatic rings. The second-order valence-electron chi connectivity index (χ2n) is 9.99. The monoisotopic (exact) mass is 388 g/mol. The van der Waals surface area contributed by atoms with Crippen molar-refractivity contribution >= 4 is 14.4 Å². The average molecular weight is 389 g/mol. The molecule has 1 amide bonds. The molecule has 0 radical (unpaired) electrons. The molecule has 3 atom stereocenters. The number of nitrogens with two attached hydrogens (primary N) is 1. The van der Waals surface area contributed by atoms with E-state index in [1.165, 1.54) is 0 Å². The molecule has 1 rings (SSSR count). The summed E-state index contributed by atoms with van der Waals surface area (Å²) in [4.78, 5) is 14.4. The van der Waals surface area contributed by atoms with Crippen LogP contribution in [-0.2, 0) is 9.16 Å². The molecule has 26 heavy (non-hydrogen) atoms. The molecule has 0 aliphatic carbocycles. The van der Waals surface area contributed by atoms with Gasteiger partial charge in [0.1, 0.15) is 5.60 Å². The van der Waals surface area contributed by atoms with Gasteiger partial charge in [0, 0.05) is 19.1 Å². The molecule has 1 aliphatic heterocycles. The van der Waals surface area contributed by atoms with Gasteiger partial charge in [-0.15, -0.1) is 0 Å². The van der Waals surface area contributed by atoms with Crippen molar-refractivity contribution in [3.63, 3.8) is 0 Å². The highest BCUT2D eigenvalue weighted by molar-refractivity contribution is 6.74. The van der Waals surface area contributed by atoms with E-state index in [4.69, 9.17) is 14.9 Å². The Morgan fingerprint density at radius 2 is 1.85 bits per heavy atom. The first-order valence-corrected chi connectivity index (χ1v) is 12.6. The number of aliphatic hydroxyl groups is 1. The van der Waals surface area contributed by atoms with E-state index in [0.717, 1.165) is 6.42 Å². The molecule has 0 aromatic heterocycles. The summed E-state index contributed by atoms with van der Waals surface area (Å²) in [7, 11) is -1.91. The first-order chi connectivity index (χ1) is 11.7. The lowest BCUT2D eigenvalue weighted by Crippen LogP contribution is -2.45. The number of aliphatic hydroxyl groups excluding tert-OH is 1. The van der Waals surface area contributed by atoms with Crippen LogP contribution in [0.1, 0.15) is 60.8 Å². The van der Waals surface area contributed by atoms with Crippen LogP contribution in [0.5, 0.6) is 0 Å². The van der Waals surface area contributed by atoms with Gasteiger partial charge in [-0.05, 0) is 58.2 Å². The third-order valence-corrected chi connectivity index (χ3v) is 9.91. The summed E-state index contributed by atoms with van der Waals surface area (Å²) >= 11 is 0. The van der Waals surface area contributed by atoms with Gasteiger partial charge in [-0.1, -0.05) is 20.8 Å². The molecule has 3 N–H and O–H groups in total. The third-order valence-electron chi connectivity index (χ3n) is 5.38. The van der Waals surface area contributed by atoms with Crippen molar-refractivity contribution in [2.24, 2.45) is 5.73 Å². The van der Waals surface area contributed by atoms with E-state index in [1.54, 1.807) is 4.90 Å². The average Bonchev–Trinajstić information content (AvgIpc) is 2.84. The zero-order chi connectivity index (χ0) is 20.3. The van der Waals surface area contributed by atoms with Gasteiger partial charge in [-0.25, -0.2) is 4.79 Å². The van der Waals surface area contributed by atoms with Gasteiger partial charge in [0.15, 0.2) is 8.32 Å². The van der Waals surface area contributed by atoms with Gasteiger partial charge in [-0.2, -0.15) is 0 Å². The van der Waals surface area contributed by atoms with Crippen LogP contribution in [0.4, 0.5) is 4.79 Å². The molecule has 0 bridgehead atoms. The van der Waals surface area contributed by atoms with E-state index < -0.39 is 20.0 Å². The van der Waals surface area contributed by atoms with Crippen LogP contribution in [0.2, 0.25) is 18.1 Å². The van der Waals surface area contributed by atoms with Crippen molar-refractivity contribution in [1.82, 2.24) is 4.90 Å².